The molecule has 28 heavy (non-hydrogen) atoms. The van der Waals surface area contributed by atoms with Crippen LogP contribution in [0.4, 0.5) is 0 Å². The van der Waals surface area contributed by atoms with Crippen molar-refractivity contribution in [2.45, 2.75) is 60.1 Å². The van der Waals surface area contributed by atoms with Gasteiger partial charge in [-0.2, -0.15) is 0 Å². The minimum atomic E-state index is -0.578. The Morgan fingerprint density at radius 1 is 1.21 bits per heavy atom. The number of ether oxygens (including phenoxy) is 1. The average Bonchev–Trinajstić information content (AvgIpc) is 3.05. The molecule has 7 heteroatoms. The van der Waals surface area contributed by atoms with Gasteiger partial charge in [0, 0.05) is 6.42 Å². The molecule has 0 atom stereocenters. The van der Waals surface area contributed by atoms with Gasteiger partial charge in [-0.3, -0.25) is 9.59 Å². The van der Waals surface area contributed by atoms with Crippen LogP contribution in [0.2, 0.25) is 0 Å². The molecule has 2 heterocycles. The van der Waals surface area contributed by atoms with E-state index in [4.69, 9.17) is 14.2 Å². The molecule has 3 aromatic rings. The Morgan fingerprint density at radius 3 is 2.50 bits per heavy atom. The fourth-order valence-corrected chi connectivity index (χ4v) is 3.23. The van der Waals surface area contributed by atoms with Crippen LogP contribution in [-0.4, -0.2) is 32.1 Å². The molecule has 0 saturated carbocycles. The van der Waals surface area contributed by atoms with Gasteiger partial charge in [0.1, 0.15) is 29.5 Å². The van der Waals surface area contributed by atoms with Crippen molar-refractivity contribution in [3.63, 3.8) is 0 Å². The van der Waals surface area contributed by atoms with Crippen molar-refractivity contribution in [3.05, 3.63) is 35.2 Å². The number of Topliss-reactive ketones (excluding diaryl/α,β-unsaturated/α-hetero) is 1. The first kappa shape index (κ1) is 19.8. The summed E-state index contributed by atoms with van der Waals surface area (Å²) in [5.74, 6) is 0.949. The number of carbonyl (C=O) groups is 2. The highest BCUT2D eigenvalue weighted by molar-refractivity contribution is 5.86. The minimum Gasteiger partial charge on any atom is -0.459 e. The lowest BCUT2D eigenvalue weighted by Gasteiger charge is -2.20. The molecule has 0 bridgehead atoms. The second kappa shape index (κ2) is 7.22. The summed E-state index contributed by atoms with van der Waals surface area (Å²) in [4.78, 5) is 28.7. The van der Waals surface area contributed by atoms with E-state index in [1.54, 1.807) is 6.92 Å². The summed E-state index contributed by atoms with van der Waals surface area (Å²) in [6, 6.07) is 5.64. The number of fused-ring (bicyclic) bond motifs is 1. The van der Waals surface area contributed by atoms with Crippen LogP contribution >= 0.6 is 0 Å². The van der Waals surface area contributed by atoms with Gasteiger partial charge in [-0.05, 0) is 59.2 Å². The number of esters is 1. The lowest BCUT2D eigenvalue weighted by molar-refractivity contribution is -0.155. The van der Waals surface area contributed by atoms with E-state index in [-0.39, 0.29) is 18.3 Å². The van der Waals surface area contributed by atoms with Crippen molar-refractivity contribution in [1.82, 2.24) is 14.7 Å². The van der Waals surface area contributed by atoms with Crippen molar-refractivity contribution in [2.24, 2.45) is 0 Å². The summed E-state index contributed by atoms with van der Waals surface area (Å²) in [6.45, 7) is 10.7. The van der Waals surface area contributed by atoms with Gasteiger partial charge in [0.05, 0.1) is 22.3 Å². The van der Waals surface area contributed by atoms with E-state index < -0.39 is 5.60 Å². The molecule has 0 saturated heterocycles. The Bertz CT molecular complexity index is 1030. The Kier molecular flexibility index (Phi) is 5.10. The van der Waals surface area contributed by atoms with E-state index in [0.717, 1.165) is 16.6 Å². The summed E-state index contributed by atoms with van der Waals surface area (Å²) in [5.41, 5.74) is 3.25. The molecule has 148 valence electrons. The van der Waals surface area contributed by atoms with E-state index in [0.29, 0.717) is 29.2 Å². The van der Waals surface area contributed by atoms with Crippen molar-refractivity contribution < 1.29 is 18.8 Å². The molecule has 0 aliphatic heterocycles. The van der Waals surface area contributed by atoms with E-state index in [2.05, 4.69) is 5.16 Å². The van der Waals surface area contributed by atoms with E-state index in [1.165, 1.54) is 0 Å². The second-order valence-corrected chi connectivity index (χ2v) is 8.01. The number of imidazole rings is 1. The van der Waals surface area contributed by atoms with Crippen molar-refractivity contribution >= 4 is 22.8 Å². The lowest BCUT2D eigenvalue weighted by atomic mass is 10.1. The largest absolute Gasteiger partial charge is 0.459 e. The molecule has 0 aliphatic carbocycles. The third kappa shape index (κ3) is 4.13. The van der Waals surface area contributed by atoms with Crippen LogP contribution in [0, 0.1) is 13.8 Å². The normalized spacial score (nSPS) is 11.8. The number of rotatable bonds is 5. The molecule has 0 radical (unpaired) electrons. The lowest BCUT2D eigenvalue weighted by Crippen LogP contribution is -2.26. The van der Waals surface area contributed by atoms with E-state index in [1.807, 2.05) is 57.4 Å². The van der Waals surface area contributed by atoms with Crippen molar-refractivity contribution in [2.75, 3.05) is 0 Å². The maximum atomic E-state index is 12.5. The number of aryl methyl sites for hydroxylation is 2. The number of benzene rings is 1. The monoisotopic (exact) mass is 383 g/mol. The topological polar surface area (TPSA) is 87.2 Å². The zero-order chi connectivity index (χ0) is 20.6. The van der Waals surface area contributed by atoms with Gasteiger partial charge in [0.25, 0.3) is 0 Å². The van der Waals surface area contributed by atoms with Crippen LogP contribution in [0.5, 0.6) is 0 Å². The smallest absolute Gasteiger partial charge is 0.326 e. The van der Waals surface area contributed by atoms with Crippen LogP contribution in [0.3, 0.4) is 0 Å². The number of hydrogen-bond acceptors (Lipinski definition) is 6. The molecule has 0 amide bonds. The second-order valence-electron chi connectivity index (χ2n) is 8.01. The van der Waals surface area contributed by atoms with Gasteiger partial charge in [0.2, 0.25) is 0 Å². The predicted octanol–water partition coefficient (Wildman–Crippen LogP) is 3.78. The summed E-state index contributed by atoms with van der Waals surface area (Å²) >= 11 is 0. The number of nitrogens with zero attached hydrogens (tertiary/aromatic N) is 3. The molecule has 2 aromatic heterocycles. The zero-order valence-corrected chi connectivity index (χ0v) is 17.1. The highest BCUT2D eigenvalue weighted by Gasteiger charge is 2.24. The maximum absolute atomic E-state index is 12.5. The molecule has 1 aromatic carbocycles. The van der Waals surface area contributed by atoms with Gasteiger partial charge in [-0.25, -0.2) is 4.98 Å². The quantitative estimate of drug-likeness (QED) is 0.623. The van der Waals surface area contributed by atoms with Gasteiger partial charge < -0.3 is 13.8 Å². The molecule has 3 rings (SSSR count). The first-order valence-electron chi connectivity index (χ1n) is 9.19. The summed E-state index contributed by atoms with van der Waals surface area (Å²) in [5, 5.41) is 4.01. The highest BCUT2D eigenvalue weighted by Crippen LogP contribution is 2.30. The molecular weight excluding hydrogens is 358 g/mol. The van der Waals surface area contributed by atoms with Gasteiger partial charge in [-0.1, -0.05) is 11.2 Å². The van der Waals surface area contributed by atoms with Crippen LogP contribution < -0.4 is 0 Å². The standard InChI is InChI=1S/C21H25N3O4/c1-12(25)9-15-7-8-17-16(10-15)22-20(19-13(2)23-28-14(19)3)24(17)11-18(26)27-21(4,5)6/h7-8,10H,9,11H2,1-6H3. The zero-order valence-electron chi connectivity index (χ0n) is 17.1. The molecular formula is C21H25N3O4. The number of carbonyl (C=O) groups excluding carboxylic acids is 2. The fraction of sp³-hybridized carbons (Fsp3) is 0.429. The highest BCUT2D eigenvalue weighted by atomic mass is 16.6. The average molecular weight is 383 g/mol. The third-order valence-electron chi connectivity index (χ3n) is 4.23. The van der Waals surface area contributed by atoms with Gasteiger partial charge >= 0.3 is 5.97 Å². The van der Waals surface area contributed by atoms with Crippen LogP contribution in [0.25, 0.3) is 22.4 Å². The minimum absolute atomic E-state index is 0.0131. The molecule has 7 nitrogen and oxygen atoms in total. The van der Waals surface area contributed by atoms with Crippen LogP contribution in [-0.2, 0) is 27.3 Å². The first-order valence-corrected chi connectivity index (χ1v) is 9.19. The SMILES string of the molecule is CC(=O)Cc1ccc2c(c1)nc(-c1c(C)noc1C)n2CC(=O)OC(C)(C)C. The maximum Gasteiger partial charge on any atom is 0.326 e. The van der Waals surface area contributed by atoms with E-state index in [9.17, 15) is 9.59 Å². The fourth-order valence-electron chi connectivity index (χ4n) is 3.23. The third-order valence-corrected chi connectivity index (χ3v) is 4.23. The summed E-state index contributed by atoms with van der Waals surface area (Å²) in [6.07, 6.45) is 0.343. The van der Waals surface area contributed by atoms with Crippen molar-refractivity contribution in [3.8, 4) is 11.4 Å². The first-order chi connectivity index (χ1) is 13.0. The van der Waals surface area contributed by atoms with Crippen molar-refractivity contribution in [1.29, 1.82) is 0 Å². The van der Waals surface area contributed by atoms with Crippen LogP contribution in [0.1, 0.15) is 44.7 Å². The van der Waals surface area contributed by atoms with Gasteiger partial charge in [0.15, 0.2) is 0 Å². The van der Waals surface area contributed by atoms with Gasteiger partial charge in [-0.15, -0.1) is 0 Å². The number of aromatic nitrogens is 3. The number of hydrogen-bond donors (Lipinski definition) is 0. The molecule has 0 spiro atoms. The Labute approximate surface area is 163 Å². The van der Waals surface area contributed by atoms with Crippen LogP contribution in [0.15, 0.2) is 22.7 Å². The molecule has 0 aliphatic rings. The Balaban J connectivity index is 2.13. The molecule has 0 fully saturated rings. The van der Waals surface area contributed by atoms with E-state index >= 15 is 0 Å². The Hall–Kier alpha value is -2.96. The predicted molar refractivity (Wildman–Crippen MR) is 105 cm³/mol. The Morgan fingerprint density at radius 2 is 1.93 bits per heavy atom. The summed E-state index contributed by atoms with van der Waals surface area (Å²) < 4.78 is 12.6. The summed E-state index contributed by atoms with van der Waals surface area (Å²) in [7, 11) is 0. The molecule has 0 N–H and O–H groups in total. The number of ketones is 1. The molecule has 0 unspecified atom stereocenters.